The van der Waals surface area contributed by atoms with Crippen LogP contribution in [0.3, 0.4) is 0 Å². The first-order valence-electron chi connectivity index (χ1n) is 11.1. The van der Waals surface area contributed by atoms with E-state index in [1.165, 1.54) is 12.0 Å². The van der Waals surface area contributed by atoms with Gasteiger partial charge in [0.25, 0.3) is 0 Å². The number of aromatic nitrogens is 11. The normalized spacial score (nSPS) is 15.1. The van der Waals surface area contributed by atoms with Crippen LogP contribution >= 0.6 is 0 Å². The summed E-state index contributed by atoms with van der Waals surface area (Å²) in [5, 5.41) is 37.8. The van der Waals surface area contributed by atoms with E-state index >= 15 is 0 Å². The van der Waals surface area contributed by atoms with Crippen LogP contribution in [0.4, 0.5) is 0 Å². The Morgan fingerprint density at radius 1 is 0.886 bits per heavy atom. The molecule has 0 saturated carbocycles. The van der Waals surface area contributed by atoms with Gasteiger partial charge in [-0.2, -0.15) is 5.10 Å². The lowest BCUT2D eigenvalue weighted by atomic mass is 9.96. The summed E-state index contributed by atoms with van der Waals surface area (Å²) in [5.41, 5.74) is 6.01. The van der Waals surface area contributed by atoms with Gasteiger partial charge in [-0.05, 0) is 65.1 Å². The van der Waals surface area contributed by atoms with Gasteiger partial charge in [0.05, 0.1) is 18.9 Å². The average molecular weight is 471 g/mol. The van der Waals surface area contributed by atoms with E-state index in [-0.39, 0.29) is 6.04 Å². The molecule has 1 atom stereocenters. The van der Waals surface area contributed by atoms with Crippen molar-refractivity contribution in [3.05, 3.63) is 78.4 Å². The first-order valence-corrected chi connectivity index (χ1v) is 11.1. The Morgan fingerprint density at radius 3 is 2.43 bits per heavy atom. The van der Waals surface area contributed by atoms with Gasteiger partial charge < -0.3 is 15.0 Å². The molecule has 0 radical (unpaired) electrons. The quantitative estimate of drug-likeness (QED) is 0.370. The Morgan fingerprint density at radius 2 is 1.66 bits per heavy atom. The number of benzene rings is 2. The van der Waals surface area contributed by atoms with Crippen LogP contribution in [0.5, 0.6) is 0 Å². The predicted molar refractivity (Wildman–Crippen MR) is 122 cm³/mol. The van der Waals surface area contributed by atoms with Gasteiger partial charge in [0.1, 0.15) is 34.7 Å². The number of imidazole rings is 1. The molecule has 7 rings (SSSR count). The fourth-order valence-electron chi connectivity index (χ4n) is 4.43. The van der Waals surface area contributed by atoms with Crippen LogP contribution < -0.4 is 0 Å². The molecule has 1 aliphatic rings. The maximum Gasteiger partial charge on any atom is 0.137 e. The summed E-state index contributed by atoms with van der Waals surface area (Å²) >= 11 is 0. The number of aryl methyl sites for hydroxylation is 1. The summed E-state index contributed by atoms with van der Waals surface area (Å²) in [4.78, 5) is 9.69. The van der Waals surface area contributed by atoms with Crippen molar-refractivity contribution in [2.45, 2.75) is 31.8 Å². The summed E-state index contributed by atoms with van der Waals surface area (Å²) in [6.45, 7) is 0.598. The molecule has 6 aromatic rings. The molecule has 0 bridgehead atoms. The van der Waals surface area contributed by atoms with Crippen molar-refractivity contribution in [2.24, 2.45) is 0 Å². The van der Waals surface area contributed by atoms with E-state index in [9.17, 15) is 10.4 Å². The van der Waals surface area contributed by atoms with Gasteiger partial charge in [0.15, 0.2) is 0 Å². The van der Waals surface area contributed by atoms with E-state index in [0.29, 0.717) is 28.6 Å². The van der Waals surface area contributed by atoms with Crippen LogP contribution in [0, 0.1) is 0 Å². The van der Waals surface area contributed by atoms with Crippen LogP contribution in [0.15, 0.2) is 61.6 Å². The smallest absolute Gasteiger partial charge is 0.137 e. The van der Waals surface area contributed by atoms with Crippen LogP contribution in [-0.4, -0.2) is 65.0 Å². The second-order valence-corrected chi connectivity index (χ2v) is 8.32. The molecule has 13 nitrogen and oxygen atoms in total. The highest BCUT2D eigenvalue weighted by atomic mass is 16.5. The SMILES string of the molecule is On1nnc2ccc(C3CCCc4cncn43)cc21.On1nnc2ccc(Cn3cncn3)cc21. The third kappa shape index (κ3) is 3.92. The maximum absolute atomic E-state index is 9.61. The molecule has 2 N–H and O–H groups in total. The summed E-state index contributed by atoms with van der Waals surface area (Å²) in [7, 11) is 0. The second-order valence-electron chi connectivity index (χ2n) is 8.32. The maximum atomic E-state index is 9.61. The van der Waals surface area contributed by atoms with E-state index in [2.05, 4.69) is 46.3 Å². The Balaban J connectivity index is 0.000000133. The van der Waals surface area contributed by atoms with Crippen molar-refractivity contribution >= 4 is 22.1 Å². The summed E-state index contributed by atoms with van der Waals surface area (Å²) in [6.07, 6.45) is 10.3. The van der Waals surface area contributed by atoms with Gasteiger partial charge in [-0.15, -0.1) is 10.2 Å². The fourth-order valence-corrected chi connectivity index (χ4v) is 4.43. The Bertz CT molecular complexity index is 1600. The number of nitrogens with zero attached hydrogens (tertiary/aromatic N) is 11. The standard InChI is InChI=1S/C13H13N5O.C9H8N6O/c19-18-13-6-9(4-5-11(13)15-16-18)12-3-1-2-10-7-14-8-17(10)12;16-15-9-3-7(1-2-8(9)12-13-15)4-14-6-10-5-11-14/h4-8,12,19H,1-3H2;1-3,5-6,16H,4H2. The second kappa shape index (κ2) is 8.52. The Hall–Kier alpha value is -4.81. The molecule has 35 heavy (non-hydrogen) atoms. The zero-order valence-electron chi connectivity index (χ0n) is 18.5. The van der Waals surface area contributed by atoms with Crippen LogP contribution in [0.25, 0.3) is 22.1 Å². The molecule has 0 aliphatic carbocycles. The number of fused-ring (bicyclic) bond motifs is 3. The van der Waals surface area contributed by atoms with Crippen molar-refractivity contribution < 1.29 is 10.4 Å². The molecule has 5 heterocycles. The molecule has 176 valence electrons. The van der Waals surface area contributed by atoms with Crippen molar-refractivity contribution in [3.63, 3.8) is 0 Å². The van der Waals surface area contributed by atoms with Gasteiger partial charge in [0, 0.05) is 11.9 Å². The highest BCUT2D eigenvalue weighted by Gasteiger charge is 2.21. The monoisotopic (exact) mass is 471 g/mol. The van der Waals surface area contributed by atoms with Gasteiger partial charge in [-0.3, -0.25) is 0 Å². The molecule has 1 aliphatic heterocycles. The Labute approximate surface area is 197 Å². The molecular weight excluding hydrogens is 450 g/mol. The van der Waals surface area contributed by atoms with Crippen molar-refractivity contribution in [2.75, 3.05) is 0 Å². The fraction of sp³-hybridized carbons (Fsp3) is 0.227. The molecule has 0 saturated heterocycles. The highest BCUT2D eigenvalue weighted by molar-refractivity contribution is 5.75. The minimum Gasteiger partial charge on any atom is -0.410 e. The van der Waals surface area contributed by atoms with Gasteiger partial charge >= 0.3 is 0 Å². The molecule has 0 fully saturated rings. The average Bonchev–Trinajstić information content (AvgIpc) is 3.69. The van der Waals surface area contributed by atoms with Crippen LogP contribution in [-0.2, 0) is 13.0 Å². The van der Waals surface area contributed by atoms with Gasteiger partial charge in [0.2, 0.25) is 0 Å². The van der Waals surface area contributed by atoms with Crippen LogP contribution in [0.2, 0.25) is 0 Å². The zero-order valence-corrected chi connectivity index (χ0v) is 18.5. The van der Waals surface area contributed by atoms with E-state index in [4.69, 9.17) is 0 Å². The topological polar surface area (TPSA) is 150 Å². The van der Waals surface area contributed by atoms with Crippen molar-refractivity contribution in [3.8, 4) is 0 Å². The van der Waals surface area contributed by atoms with E-state index in [1.54, 1.807) is 17.1 Å². The molecule has 0 amide bonds. The number of rotatable bonds is 3. The van der Waals surface area contributed by atoms with Crippen LogP contribution in [0.1, 0.15) is 35.7 Å². The van der Waals surface area contributed by atoms with Crippen molar-refractivity contribution in [1.29, 1.82) is 0 Å². The number of hydrogen-bond donors (Lipinski definition) is 2. The van der Waals surface area contributed by atoms with E-state index in [1.807, 2.05) is 36.8 Å². The van der Waals surface area contributed by atoms with E-state index < -0.39 is 0 Å². The lowest BCUT2D eigenvalue weighted by molar-refractivity contribution is 0.154. The largest absolute Gasteiger partial charge is 0.410 e. The first kappa shape index (κ1) is 20.8. The molecule has 2 aromatic carbocycles. The van der Waals surface area contributed by atoms with E-state index in [0.717, 1.165) is 40.1 Å². The summed E-state index contributed by atoms with van der Waals surface area (Å²) < 4.78 is 3.92. The van der Waals surface area contributed by atoms with Gasteiger partial charge in [-0.1, -0.05) is 21.8 Å². The zero-order chi connectivity index (χ0) is 23.8. The predicted octanol–water partition coefficient (Wildman–Crippen LogP) is 2.10. The molecule has 1 unspecified atom stereocenters. The number of hydrogen-bond acceptors (Lipinski definition) is 9. The summed E-state index contributed by atoms with van der Waals surface area (Å²) in [5.74, 6) is 0. The minimum absolute atomic E-state index is 0.283. The molecule has 4 aromatic heterocycles. The lowest BCUT2D eigenvalue weighted by Gasteiger charge is -2.25. The third-order valence-corrected chi connectivity index (χ3v) is 6.13. The third-order valence-electron chi connectivity index (χ3n) is 6.13. The van der Waals surface area contributed by atoms with Gasteiger partial charge in [-0.25, -0.2) is 14.6 Å². The Kier molecular flexibility index (Phi) is 5.05. The lowest BCUT2D eigenvalue weighted by Crippen LogP contribution is -2.17. The first-order chi connectivity index (χ1) is 17.2. The molecule has 13 heteroatoms. The van der Waals surface area contributed by atoms with Crippen molar-refractivity contribution in [1.82, 2.24) is 54.6 Å². The molecular formula is C22H21N11O2. The minimum atomic E-state index is 0.283. The highest BCUT2D eigenvalue weighted by Crippen LogP contribution is 2.31. The molecule has 0 spiro atoms. The summed E-state index contributed by atoms with van der Waals surface area (Å²) in [6, 6.07) is 11.7.